The van der Waals surface area contributed by atoms with Crippen LogP contribution >= 0.6 is 0 Å². The van der Waals surface area contributed by atoms with E-state index in [9.17, 15) is 31.2 Å². The number of hydrogen-bond acceptors (Lipinski definition) is 4. The Balaban J connectivity index is 2.02. The van der Waals surface area contributed by atoms with Crippen molar-refractivity contribution in [2.75, 3.05) is 7.05 Å². The Hall–Kier alpha value is -2.92. The van der Waals surface area contributed by atoms with Gasteiger partial charge in [-0.1, -0.05) is 12.1 Å². The van der Waals surface area contributed by atoms with Crippen molar-refractivity contribution in [3.8, 4) is 0 Å². The predicted octanol–water partition coefficient (Wildman–Crippen LogP) is 2.62. The first kappa shape index (κ1) is 20.8. The number of halogens is 3. The van der Waals surface area contributed by atoms with Gasteiger partial charge < -0.3 is 4.98 Å². The molecule has 0 saturated carbocycles. The van der Waals surface area contributed by atoms with Crippen molar-refractivity contribution in [1.29, 1.82) is 0 Å². The molecule has 1 aromatic heterocycles. The fourth-order valence-electron chi connectivity index (χ4n) is 2.86. The van der Waals surface area contributed by atoms with Crippen molar-refractivity contribution >= 4 is 20.9 Å². The van der Waals surface area contributed by atoms with Gasteiger partial charge in [0.15, 0.2) is 0 Å². The molecule has 0 bridgehead atoms. The molecule has 7 nitrogen and oxygen atoms in total. The van der Waals surface area contributed by atoms with Crippen molar-refractivity contribution in [3.63, 3.8) is 0 Å². The van der Waals surface area contributed by atoms with Gasteiger partial charge in [0.25, 0.3) is 5.56 Å². The van der Waals surface area contributed by atoms with Gasteiger partial charge in [0.2, 0.25) is 10.0 Å². The molecule has 0 aliphatic carbocycles. The second-order valence-electron chi connectivity index (χ2n) is 6.44. The first-order chi connectivity index (χ1) is 13.4. The number of hydrogen-bond donors (Lipinski definition) is 2. The molecular weight excluding hydrogens is 411 g/mol. The fourth-order valence-corrected chi connectivity index (χ4v) is 4.24. The monoisotopic (exact) mass is 427 g/mol. The number of nitrogens with zero attached hydrogens (tertiary/aromatic N) is 1. The molecule has 0 saturated heterocycles. The Labute approximate surface area is 162 Å². The molecule has 29 heavy (non-hydrogen) atoms. The lowest BCUT2D eigenvalue weighted by molar-refractivity contribution is -0.137. The lowest BCUT2D eigenvalue weighted by Crippen LogP contribution is -2.30. The van der Waals surface area contributed by atoms with Gasteiger partial charge >= 0.3 is 11.9 Å². The van der Waals surface area contributed by atoms with E-state index >= 15 is 0 Å². The maximum absolute atomic E-state index is 13.0. The lowest BCUT2D eigenvalue weighted by atomic mass is 10.1. The van der Waals surface area contributed by atoms with Crippen LogP contribution in [0.4, 0.5) is 13.2 Å². The Morgan fingerprint density at radius 2 is 1.72 bits per heavy atom. The van der Waals surface area contributed by atoms with E-state index in [1.807, 2.05) is 4.98 Å². The standard InChI is InChI=1S/C18H16F3N3O4S/c1-10(11-4-3-5-12(8-11)18(19,20)21)24(2)29(27,28)13-6-7-15-14(9-13)16(25)23-17(26)22-15/h3-10H,1-2H3,(H2,22,23,25,26). The number of benzene rings is 2. The Morgan fingerprint density at radius 1 is 1.03 bits per heavy atom. The molecule has 0 aliphatic rings. The van der Waals surface area contributed by atoms with Crippen LogP contribution < -0.4 is 11.2 Å². The second kappa shape index (κ2) is 7.16. The van der Waals surface area contributed by atoms with Gasteiger partial charge in [-0.05, 0) is 42.8 Å². The van der Waals surface area contributed by atoms with Crippen molar-refractivity contribution in [2.24, 2.45) is 0 Å². The Morgan fingerprint density at radius 3 is 2.38 bits per heavy atom. The zero-order valence-electron chi connectivity index (χ0n) is 15.2. The highest BCUT2D eigenvalue weighted by atomic mass is 32.2. The van der Waals surface area contributed by atoms with Crippen molar-refractivity contribution in [1.82, 2.24) is 14.3 Å². The van der Waals surface area contributed by atoms with Gasteiger partial charge in [-0.25, -0.2) is 13.2 Å². The van der Waals surface area contributed by atoms with E-state index in [1.54, 1.807) is 0 Å². The van der Waals surface area contributed by atoms with Gasteiger partial charge in [0.1, 0.15) is 0 Å². The molecule has 3 rings (SSSR count). The van der Waals surface area contributed by atoms with Crippen LogP contribution in [0.1, 0.15) is 24.1 Å². The number of H-pyrrole nitrogens is 2. The molecule has 0 amide bonds. The van der Waals surface area contributed by atoms with Crippen molar-refractivity contribution < 1.29 is 21.6 Å². The summed E-state index contributed by atoms with van der Waals surface area (Å²) in [5.41, 5.74) is -2.04. The van der Waals surface area contributed by atoms with E-state index in [4.69, 9.17) is 0 Å². The smallest absolute Gasteiger partial charge is 0.307 e. The number of nitrogens with one attached hydrogen (secondary N) is 2. The first-order valence-electron chi connectivity index (χ1n) is 8.33. The third kappa shape index (κ3) is 3.96. The number of aromatic amines is 2. The van der Waals surface area contributed by atoms with Gasteiger partial charge in [0.05, 0.1) is 21.4 Å². The van der Waals surface area contributed by atoms with Crippen LogP contribution in [0.3, 0.4) is 0 Å². The minimum Gasteiger partial charge on any atom is -0.307 e. The third-order valence-corrected chi connectivity index (χ3v) is 6.55. The Kier molecular flexibility index (Phi) is 5.13. The predicted molar refractivity (Wildman–Crippen MR) is 100.0 cm³/mol. The highest BCUT2D eigenvalue weighted by Gasteiger charge is 2.32. The van der Waals surface area contributed by atoms with E-state index in [-0.39, 0.29) is 21.4 Å². The number of sulfonamides is 1. The first-order valence-corrected chi connectivity index (χ1v) is 9.77. The fraction of sp³-hybridized carbons (Fsp3) is 0.222. The summed E-state index contributed by atoms with van der Waals surface area (Å²) in [7, 11) is -2.91. The number of alkyl halides is 3. The van der Waals surface area contributed by atoms with Gasteiger partial charge in [0, 0.05) is 13.1 Å². The zero-order valence-corrected chi connectivity index (χ0v) is 16.1. The number of aromatic nitrogens is 2. The van der Waals surface area contributed by atoms with E-state index in [1.165, 1.54) is 38.2 Å². The SMILES string of the molecule is CC(c1cccc(C(F)(F)F)c1)N(C)S(=O)(=O)c1ccc2[nH]c(=O)[nH]c(=O)c2c1. The lowest BCUT2D eigenvalue weighted by Gasteiger charge is -2.25. The average molecular weight is 427 g/mol. The molecule has 154 valence electrons. The molecule has 0 fully saturated rings. The summed E-state index contributed by atoms with van der Waals surface area (Å²) < 4.78 is 65.7. The molecule has 2 N–H and O–H groups in total. The average Bonchev–Trinajstić information content (AvgIpc) is 2.65. The summed E-state index contributed by atoms with van der Waals surface area (Å²) in [4.78, 5) is 27.4. The Bertz CT molecular complexity index is 1300. The summed E-state index contributed by atoms with van der Waals surface area (Å²) in [6.07, 6.45) is -4.55. The molecule has 0 radical (unpaired) electrons. The topological polar surface area (TPSA) is 103 Å². The zero-order chi connectivity index (χ0) is 21.6. The molecular formula is C18H16F3N3O4S. The number of rotatable bonds is 4. The minimum atomic E-state index is -4.55. The van der Waals surface area contributed by atoms with E-state index in [0.717, 1.165) is 22.5 Å². The summed E-state index contributed by atoms with van der Waals surface area (Å²) in [6.45, 7) is 1.46. The highest BCUT2D eigenvalue weighted by molar-refractivity contribution is 7.89. The van der Waals surface area contributed by atoms with E-state index in [0.29, 0.717) is 0 Å². The van der Waals surface area contributed by atoms with Crippen LogP contribution in [0, 0.1) is 0 Å². The number of fused-ring (bicyclic) bond motifs is 1. The van der Waals surface area contributed by atoms with E-state index < -0.39 is 39.1 Å². The molecule has 0 aliphatic heterocycles. The molecule has 3 aromatic rings. The van der Waals surface area contributed by atoms with Gasteiger partial charge in [-0.3, -0.25) is 9.78 Å². The van der Waals surface area contributed by atoms with Gasteiger partial charge in [-0.15, -0.1) is 0 Å². The minimum absolute atomic E-state index is 0.0363. The normalized spacial score (nSPS) is 13.7. The molecule has 11 heteroatoms. The third-order valence-electron chi connectivity index (χ3n) is 4.63. The van der Waals surface area contributed by atoms with Gasteiger partial charge in [-0.2, -0.15) is 17.5 Å². The van der Waals surface area contributed by atoms with Crippen LogP contribution in [0.25, 0.3) is 10.9 Å². The molecule has 1 heterocycles. The quantitative estimate of drug-likeness (QED) is 0.668. The molecule has 2 aromatic carbocycles. The van der Waals surface area contributed by atoms with E-state index in [2.05, 4.69) is 4.98 Å². The molecule has 1 unspecified atom stereocenters. The maximum Gasteiger partial charge on any atom is 0.416 e. The summed E-state index contributed by atoms with van der Waals surface area (Å²) in [5.74, 6) is 0. The summed E-state index contributed by atoms with van der Waals surface area (Å²) >= 11 is 0. The van der Waals surface area contributed by atoms with Crippen LogP contribution in [-0.4, -0.2) is 29.7 Å². The van der Waals surface area contributed by atoms with Crippen LogP contribution in [0.15, 0.2) is 56.9 Å². The van der Waals surface area contributed by atoms with Crippen LogP contribution in [0.2, 0.25) is 0 Å². The summed E-state index contributed by atoms with van der Waals surface area (Å²) in [5, 5.41) is -0.0363. The maximum atomic E-state index is 13.0. The van der Waals surface area contributed by atoms with Crippen molar-refractivity contribution in [2.45, 2.75) is 24.0 Å². The second-order valence-corrected chi connectivity index (χ2v) is 8.43. The molecule has 0 spiro atoms. The molecule has 1 atom stereocenters. The largest absolute Gasteiger partial charge is 0.416 e. The summed E-state index contributed by atoms with van der Waals surface area (Å²) in [6, 6.07) is 7.10. The van der Waals surface area contributed by atoms with Crippen LogP contribution in [-0.2, 0) is 16.2 Å². The van der Waals surface area contributed by atoms with Crippen LogP contribution in [0.5, 0.6) is 0 Å². The van der Waals surface area contributed by atoms with Crippen molar-refractivity contribution in [3.05, 3.63) is 74.4 Å². The highest BCUT2D eigenvalue weighted by Crippen LogP contribution is 2.33.